The lowest BCUT2D eigenvalue weighted by molar-refractivity contribution is 0.977. The summed E-state index contributed by atoms with van der Waals surface area (Å²) in [5.74, 6) is 0. The summed E-state index contributed by atoms with van der Waals surface area (Å²) < 4.78 is 0. The number of H-pyrrole nitrogens is 1. The summed E-state index contributed by atoms with van der Waals surface area (Å²) in [6.45, 7) is 0. The Labute approximate surface area is 124 Å². The fourth-order valence-electron chi connectivity index (χ4n) is 3.12. The second-order valence-electron chi connectivity index (χ2n) is 5.50. The van der Waals surface area contributed by atoms with Crippen LogP contribution in [0.3, 0.4) is 0 Å². The topological polar surface area (TPSA) is 15.8 Å². The summed E-state index contributed by atoms with van der Waals surface area (Å²) in [5, 5.41) is 4.05. The molecule has 0 spiro atoms. The number of hydrogen-bond acceptors (Lipinski definition) is 0. The predicted octanol–water partition coefficient (Wildman–Crippen LogP) is 5.11. The summed E-state index contributed by atoms with van der Waals surface area (Å²) in [7, 11) is 0. The van der Waals surface area contributed by atoms with Crippen LogP contribution in [0.15, 0.2) is 72.9 Å². The number of benzene rings is 3. The van der Waals surface area contributed by atoms with Crippen LogP contribution in [0, 0.1) is 0 Å². The minimum Gasteiger partial charge on any atom is -0.361 e. The van der Waals surface area contributed by atoms with Gasteiger partial charge >= 0.3 is 0 Å². The van der Waals surface area contributed by atoms with Crippen molar-refractivity contribution in [3.05, 3.63) is 84.1 Å². The molecule has 1 heteroatoms. The molecule has 0 atom stereocenters. The van der Waals surface area contributed by atoms with Crippen LogP contribution in [0.1, 0.15) is 11.1 Å². The largest absolute Gasteiger partial charge is 0.361 e. The van der Waals surface area contributed by atoms with Gasteiger partial charge in [0.1, 0.15) is 0 Å². The van der Waals surface area contributed by atoms with Gasteiger partial charge in [0, 0.05) is 17.1 Å². The van der Waals surface area contributed by atoms with Gasteiger partial charge in [-0.2, -0.15) is 0 Å². The van der Waals surface area contributed by atoms with E-state index in [1.165, 1.54) is 32.8 Å². The molecule has 0 aliphatic heterocycles. The fourth-order valence-corrected chi connectivity index (χ4v) is 3.12. The summed E-state index contributed by atoms with van der Waals surface area (Å²) in [6, 6.07) is 23.7. The normalized spacial score (nSPS) is 11.2. The van der Waals surface area contributed by atoms with E-state index in [9.17, 15) is 0 Å². The van der Waals surface area contributed by atoms with Gasteiger partial charge in [0.2, 0.25) is 0 Å². The molecule has 0 aliphatic carbocycles. The highest BCUT2D eigenvalue weighted by Gasteiger charge is 2.05. The Morgan fingerprint density at radius 1 is 0.619 bits per heavy atom. The molecule has 0 unspecified atom stereocenters. The number of aryl methyl sites for hydroxylation is 2. The number of aromatic amines is 1. The third-order valence-electron chi connectivity index (χ3n) is 4.22. The van der Waals surface area contributed by atoms with Crippen LogP contribution in [-0.4, -0.2) is 4.98 Å². The van der Waals surface area contributed by atoms with Crippen molar-refractivity contribution in [2.45, 2.75) is 12.8 Å². The maximum atomic E-state index is 3.36. The first-order chi connectivity index (χ1) is 10.4. The van der Waals surface area contributed by atoms with Gasteiger partial charge in [-0.05, 0) is 40.8 Å². The maximum Gasteiger partial charge on any atom is 0.0456 e. The second kappa shape index (κ2) is 5.10. The van der Waals surface area contributed by atoms with Gasteiger partial charge in [0.15, 0.2) is 0 Å². The Balaban J connectivity index is 1.67. The molecule has 0 bridgehead atoms. The second-order valence-corrected chi connectivity index (χ2v) is 5.50. The zero-order valence-corrected chi connectivity index (χ0v) is 11.8. The molecule has 3 aromatic carbocycles. The third kappa shape index (κ3) is 2.21. The molecule has 0 aliphatic rings. The Kier molecular flexibility index (Phi) is 2.97. The molecule has 0 radical (unpaired) electrons. The molecule has 0 saturated carbocycles. The van der Waals surface area contributed by atoms with Gasteiger partial charge in [-0.15, -0.1) is 0 Å². The van der Waals surface area contributed by atoms with E-state index >= 15 is 0 Å². The maximum absolute atomic E-state index is 3.36. The number of hydrogen-bond donors (Lipinski definition) is 1. The third-order valence-corrected chi connectivity index (χ3v) is 4.22. The molecule has 0 fully saturated rings. The minimum atomic E-state index is 1.07. The van der Waals surface area contributed by atoms with E-state index in [1.54, 1.807) is 0 Å². The predicted molar refractivity (Wildman–Crippen MR) is 89.7 cm³/mol. The minimum absolute atomic E-state index is 1.07. The van der Waals surface area contributed by atoms with E-state index in [4.69, 9.17) is 0 Å². The smallest absolute Gasteiger partial charge is 0.0456 e. The monoisotopic (exact) mass is 271 g/mol. The summed E-state index contributed by atoms with van der Waals surface area (Å²) in [5.41, 5.74) is 4.06. The highest BCUT2D eigenvalue weighted by molar-refractivity contribution is 5.86. The zero-order valence-electron chi connectivity index (χ0n) is 11.8. The molecule has 1 N–H and O–H groups in total. The van der Waals surface area contributed by atoms with Crippen molar-refractivity contribution in [1.29, 1.82) is 0 Å². The molecule has 4 aromatic rings. The number of nitrogens with one attached hydrogen (secondary N) is 1. The standard InChI is InChI=1S/C20H17N/c1-2-9-18-15(6-1)7-5-8-16(18)12-13-17-14-21-20-11-4-3-10-19(17)20/h1-11,14,21H,12-13H2. The number of para-hydroxylation sites is 1. The average Bonchev–Trinajstić information content (AvgIpc) is 2.96. The Bertz CT molecular complexity index is 896. The Morgan fingerprint density at radius 3 is 2.29 bits per heavy atom. The van der Waals surface area contributed by atoms with E-state index in [2.05, 4.69) is 77.9 Å². The lowest BCUT2D eigenvalue weighted by atomic mass is 9.98. The molecule has 21 heavy (non-hydrogen) atoms. The number of aromatic nitrogens is 1. The lowest BCUT2D eigenvalue weighted by Crippen LogP contribution is -1.91. The highest BCUT2D eigenvalue weighted by Crippen LogP contribution is 2.23. The lowest BCUT2D eigenvalue weighted by Gasteiger charge is -2.06. The van der Waals surface area contributed by atoms with Crippen LogP contribution in [0.5, 0.6) is 0 Å². The Hall–Kier alpha value is -2.54. The first-order valence-corrected chi connectivity index (χ1v) is 7.43. The van der Waals surface area contributed by atoms with Crippen LogP contribution in [0.25, 0.3) is 21.7 Å². The summed E-state index contributed by atoms with van der Waals surface area (Å²) in [4.78, 5) is 3.36. The quantitative estimate of drug-likeness (QED) is 0.533. The molecular weight excluding hydrogens is 254 g/mol. The molecule has 1 aromatic heterocycles. The molecule has 102 valence electrons. The van der Waals surface area contributed by atoms with Crippen molar-refractivity contribution in [3.8, 4) is 0 Å². The van der Waals surface area contributed by atoms with E-state index in [0.29, 0.717) is 0 Å². The van der Waals surface area contributed by atoms with E-state index in [0.717, 1.165) is 12.8 Å². The molecule has 0 saturated heterocycles. The van der Waals surface area contributed by atoms with Crippen molar-refractivity contribution in [3.63, 3.8) is 0 Å². The zero-order chi connectivity index (χ0) is 14.1. The van der Waals surface area contributed by atoms with E-state index in [-0.39, 0.29) is 0 Å². The molecular formula is C20H17N. The molecule has 4 rings (SSSR count). The van der Waals surface area contributed by atoms with Gasteiger partial charge in [-0.3, -0.25) is 0 Å². The van der Waals surface area contributed by atoms with E-state index < -0.39 is 0 Å². The number of fused-ring (bicyclic) bond motifs is 2. The van der Waals surface area contributed by atoms with Crippen molar-refractivity contribution in [2.75, 3.05) is 0 Å². The first-order valence-electron chi connectivity index (χ1n) is 7.43. The van der Waals surface area contributed by atoms with Crippen LogP contribution in [-0.2, 0) is 12.8 Å². The van der Waals surface area contributed by atoms with Crippen molar-refractivity contribution >= 4 is 21.7 Å². The van der Waals surface area contributed by atoms with Crippen LogP contribution in [0.4, 0.5) is 0 Å². The SMILES string of the molecule is c1ccc2c(CCc3c[nH]c4ccccc34)cccc2c1. The Morgan fingerprint density at radius 2 is 1.33 bits per heavy atom. The van der Waals surface area contributed by atoms with Gasteiger partial charge in [0.05, 0.1) is 0 Å². The number of rotatable bonds is 3. The van der Waals surface area contributed by atoms with Gasteiger partial charge in [0.25, 0.3) is 0 Å². The first kappa shape index (κ1) is 12.2. The van der Waals surface area contributed by atoms with Crippen molar-refractivity contribution in [1.82, 2.24) is 4.98 Å². The van der Waals surface area contributed by atoms with E-state index in [1.807, 2.05) is 0 Å². The van der Waals surface area contributed by atoms with Gasteiger partial charge in [-0.25, -0.2) is 0 Å². The molecule has 1 nitrogen and oxygen atoms in total. The van der Waals surface area contributed by atoms with Crippen molar-refractivity contribution < 1.29 is 0 Å². The fraction of sp³-hybridized carbons (Fsp3) is 0.100. The molecule has 0 amide bonds. The summed E-state index contributed by atoms with van der Waals surface area (Å²) >= 11 is 0. The van der Waals surface area contributed by atoms with Crippen LogP contribution < -0.4 is 0 Å². The average molecular weight is 271 g/mol. The van der Waals surface area contributed by atoms with Crippen LogP contribution in [0.2, 0.25) is 0 Å². The van der Waals surface area contributed by atoms with Crippen molar-refractivity contribution in [2.24, 2.45) is 0 Å². The van der Waals surface area contributed by atoms with Gasteiger partial charge in [-0.1, -0.05) is 60.7 Å². The highest BCUT2D eigenvalue weighted by atomic mass is 14.7. The van der Waals surface area contributed by atoms with Crippen LogP contribution >= 0.6 is 0 Å². The summed E-state index contributed by atoms with van der Waals surface area (Å²) in [6.07, 6.45) is 4.29. The van der Waals surface area contributed by atoms with Gasteiger partial charge < -0.3 is 4.98 Å². The molecule has 1 heterocycles.